The molecule has 0 aromatic heterocycles. The maximum absolute atomic E-state index is 10.8. The first kappa shape index (κ1) is 12.9. The molecule has 0 saturated carbocycles. The van der Waals surface area contributed by atoms with E-state index in [0.29, 0.717) is 13.0 Å². The predicted molar refractivity (Wildman–Crippen MR) is 51.1 cm³/mol. The van der Waals surface area contributed by atoms with Crippen molar-refractivity contribution in [2.24, 2.45) is 0 Å². The molecule has 0 fully saturated rings. The third kappa shape index (κ3) is 8.21. The summed E-state index contributed by atoms with van der Waals surface area (Å²) in [4.78, 5) is 0. The van der Waals surface area contributed by atoms with Gasteiger partial charge < -0.3 is 4.74 Å². The Morgan fingerprint density at radius 3 is 2.31 bits per heavy atom. The molecule has 13 heavy (non-hydrogen) atoms. The van der Waals surface area contributed by atoms with Gasteiger partial charge in [-0.2, -0.15) is 8.42 Å². The third-order valence-corrected chi connectivity index (χ3v) is 2.63. The van der Waals surface area contributed by atoms with Crippen molar-refractivity contribution in [3.63, 3.8) is 0 Å². The molecule has 0 aliphatic rings. The van der Waals surface area contributed by atoms with Crippen molar-refractivity contribution in [3.8, 4) is 0 Å². The highest BCUT2D eigenvalue weighted by Crippen LogP contribution is 1.94. The van der Waals surface area contributed by atoms with Crippen molar-refractivity contribution >= 4 is 10.1 Å². The summed E-state index contributed by atoms with van der Waals surface area (Å²) in [5, 5.41) is 0. The molecule has 0 aliphatic heterocycles. The average molecular weight is 210 g/mol. The maximum Gasteiger partial charge on any atom is 0.267 e. The Labute approximate surface area is 80.4 Å². The van der Waals surface area contributed by atoms with Crippen LogP contribution in [0.5, 0.6) is 0 Å². The summed E-state index contributed by atoms with van der Waals surface area (Å²) in [7, 11) is -3.27. The molecule has 0 heterocycles. The quantitative estimate of drug-likeness (QED) is 0.446. The van der Waals surface area contributed by atoms with E-state index in [2.05, 4.69) is 4.18 Å². The lowest BCUT2D eigenvalue weighted by Crippen LogP contribution is -2.10. The first-order chi connectivity index (χ1) is 6.12. The lowest BCUT2D eigenvalue weighted by atomic mass is 10.5. The highest BCUT2D eigenvalue weighted by atomic mass is 32.2. The molecule has 0 spiro atoms. The monoisotopic (exact) mass is 210 g/mol. The first-order valence-electron chi connectivity index (χ1n) is 4.57. The SMILES string of the molecule is CCCOCCCOS(=O)(=O)CC. The summed E-state index contributed by atoms with van der Waals surface area (Å²) in [6, 6.07) is 0. The van der Waals surface area contributed by atoms with Crippen LogP contribution in [0.4, 0.5) is 0 Å². The van der Waals surface area contributed by atoms with Crippen molar-refractivity contribution in [1.82, 2.24) is 0 Å². The number of ether oxygens (including phenoxy) is 1. The van der Waals surface area contributed by atoms with E-state index in [-0.39, 0.29) is 12.4 Å². The van der Waals surface area contributed by atoms with Gasteiger partial charge in [-0.1, -0.05) is 6.92 Å². The minimum atomic E-state index is -3.27. The topological polar surface area (TPSA) is 52.6 Å². The Morgan fingerprint density at radius 1 is 1.08 bits per heavy atom. The molecule has 0 unspecified atom stereocenters. The van der Waals surface area contributed by atoms with Crippen molar-refractivity contribution in [2.45, 2.75) is 26.7 Å². The van der Waals surface area contributed by atoms with Crippen LogP contribution >= 0.6 is 0 Å². The van der Waals surface area contributed by atoms with Crippen molar-refractivity contribution in [2.75, 3.05) is 25.6 Å². The third-order valence-electron chi connectivity index (χ3n) is 1.40. The van der Waals surface area contributed by atoms with Gasteiger partial charge >= 0.3 is 0 Å². The number of rotatable bonds is 8. The Bertz CT molecular complexity index is 198. The average Bonchev–Trinajstić information content (AvgIpc) is 2.11. The molecule has 0 aromatic carbocycles. The second kappa shape index (κ2) is 7.29. The highest BCUT2D eigenvalue weighted by Gasteiger charge is 2.05. The molecule has 5 heteroatoms. The summed E-state index contributed by atoms with van der Waals surface area (Å²) < 4.78 is 31.5. The van der Waals surface area contributed by atoms with Crippen LogP contribution in [0.15, 0.2) is 0 Å². The van der Waals surface area contributed by atoms with Gasteiger partial charge in [-0.3, -0.25) is 4.18 Å². The van der Waals surface area contributed by atoms with Gasteiger partial charge in [0, 0.05) is 13.2 Å². The first-order valence-corrected chi connectivity index (χ1v) is 6.15. The molecule has 0 atom stereocenters. The zero-order valence-electron chi connectivity index (χ0n) is 8.28. The van der Waals surface area contributed by atoms with E-state index in [4.69, 9.17) is 4.74 Å². The molecule has 0 saturated heterocycles. The van der Waals surface area contributed by atoms with Gasteiger partial charge in [-0.05, 0) is 19.8 Å². The Hall–Kier alpha value is -0.130. The van der Waals surface area contributed by atoms with Gasteiger partial charge in [0.25, 0.3) is 10.1 Å². The van der Waals surface area contributed by atoms with E-state index in [1.54, 1.807) is 6.92 Å². The molecule has 0 N–H and O–H groups in total. The second-order valence-electron chi connectivity index (χ2n) is 2.63. The van der Waals surface area contributed by atoms with Crippen LogP contribution in [-0.4, -0.2) is 34.0 Å². The smallest absolute Gasteiger partial charge is 0.267 e. The zero-order valence-corrected chi connectivity index (χ0v) is 9.10. The predicted octanol–water partition coefficient (Wildman–Crippen LogP) is 1.17. The van der Waals surface area contributed by atoms with E-state index in [9.17, 15) is 8.42 Å². The zero-order chi connectivity index (χ0) is 10.2. The molecular weight excluding hydrogens is 192 g/mol. The van der Waals surface area contributed by atoms with Crippen molar-refractivity contribution in [3.05, 3.63) is 0 Å². The van der Waals surface area contributed by atoms with Crippen LogP contribution < -0.4 is 0 Å². The van der Waals surface area contributed by atoms with Crippen molar-refractivity contribution in [1.29, 1.82) is 0 Å². The highest BCUT2D eigenvalue weighted by molar-refractivity contribution is 7.86. The minimum absolute atomic E-state index is 0.0306. The van der Waals surface area contributed by atoms with Gasteiger partial charge in [0.1, 0.15) is 0 Å². The van der Waals surface area contributed by atoms with Gasteiger partial charge in [0.15, 0.2) is 0 Å². The summed E-state index contributed by atoms with van der Waals surface area (Å²) in [6.45, 7) is 5.09. The summed E-state index contributed by atoms with van der Waals surface area (Å²) >= 11 is 0. The van der Waals surface area contributed by atoms with E-state index in [1.807, 2.05) is 6.92 Å². The van der Waals surface area contributed by atoms with E-state index in [1.165, 1.54) is 0 Å². The Morgan fingerprint density at radius 2 is 1.77 bits per heavy atom. The van der Waals surface area contributed by atoms with Crippen LogP contribution in [0.2, 0.25) is 0 Å². The summed E-state index contributed by atoms with van der Waals surface area (Å²) in [5.41, 5.74) is 0. The maximum atomic E-state index is 10.8. The number of hydrogen-bond acceptors (Lipinski definition) is 4. The van der Waals surface area contributed by atoms with E-state index in [0.717, 1.165) is 13.0 Å². The molecular formula is C8H18O4S. The van der Waals surface area contributed by atoms with Crippen LogP contribution in [0.25, 0.3) is 0 Å². The van der Waals surface area contributed by atoms with Gasteiger partial charge in [-0.25, -0.2) is 0 Å². The molecule has 0 amide bonds. The number of hydrogen-bond donors (Lipinski definition) is 0. The minimum Gasteiger partial charge on any atom is -0.381 e. The lowest BCUT2D eigenvalue weighted by Gasteiger charge is -2.03. The Kier molecular flexibility index (Phi) is 7.22. The molecule has 0 bridgehead atoms. The van der Waals surface area contributed by atoms with Crippen LogP contribution in [0.3, 0.4) is 0 Å². The molecule has 0 aromatic rings. The van der Waals surface area contributed by atoms with Gasteiger partial charge in [0.2, 0.25) is 0 Å². The second-order valence-corrected chi connectivity index (χ2v) is 4.56. The molecule has 0 radical (unpaired) electrons. The van der Waals surface area contributed by atoms with Gasteiger partial charge in [-0.15, -0.1) is 0 Å². The fraction of sp³-hybridized carbons (Fsp3) is 1.00. The van der Waals surface area contributed by atoms with Gasteiger partial charge in [0.05, 0.1) is 12.4 Å². The molecule has 0 rings (SSSR count). The molecule has 80 valence electrons. The standard InChI is InChI=1S/C8H18O4S/c1-3-6-11-7-5-8-12-13(9,10)4-2/h3-8H2,1-2H3. The van der Waals surface area contributed by atoms with Crippen LogP contribution in [0, 0.1) is 0 Å². The van der Waals surface area contributed by atoms with Crippen LogP contribution in [0.1, 0.15) is 26.7 Å². The van der Waals surface area contributed by atoms with E-state index >= 15 is 0 Å². The van der Waals surface area contributed by atoms with Crippen LogP contribution in [-0.2, 0) is 19.0 Å². The van der Waals surface area contributed by atoms with E-state index < -0.39 is 10.1 Å². The Balaban J connectivity index is 3.26. The van der Waals surface area contributed by atoms with Crippen molar-refractivity contribution < 1.29 is 17.3 Å². The molecule has 0 aliphatic carbocycles. The summed E-state index contributed by atoms with van der Waals surface area (Å²) in [5.74, 6) is 0.0306. The largest absolute Gasteiger partial charge is 0.381 e. The molecule has 4 nitrogen and oxygen atoms in total. The summed E-state index contributed by atoms with van der Waals surface area (Å²) in [6.07, 6.45) is 1.60. The normalized spacial score (nSPS) is 11.8. The fourth-order valence-electron chi connectivity index (χ4n) is 0.677. The fourth-order valence-corrected chi connectivity index (χ4v) is 1.22. The lowest BCUT2D eigenvalue weighted by molar-refractivity contribution is 0.121.